The van der Waals surface area contributed by atoms with Crippen LogP contribution in [0.3, 0.4) is 0 Å². The molecule has 2 aliphatic heterocycles. The molecule has 6 nitrogen and oxygen atoms in total. The van der Waals surface area contributed by atoms with Gasteiger partial charge in [-0.2, -0.15) is 10.1 Å². The van der Waals surface area contributed by atoms with E-state index in [-0.39, 0.29) is 11.7 Å². The molecule has 0 N–H and O–H groups in total. The summed E-state index contributed by atoms with van der Waals surface area (Å²) < 4.78 is 15.0. The number of piperazine rings is 1. The third kappa shape index (κ3) is 4.28. The Bertz CT molecular complexity index is 987. The van der Waals surface area contributed by atoms with Crippen molar-refractivity contribution in [2.75, 3.05) is 26.2 Å². The van der Waals surface area contributed by atoms with Gasteiger partial charge in [0, 0.05) is 51.0 Å². The van der Waals surface area contributed by atoms with Crippen molar-refractivity contribution in [2.24, 2.45) is 12.0 Å². The van der Waals surface area contributed by atoms with E-state index in [4.69, 9.17) is 0 Å². The summed E-state index contributed by atoms with van der Waals surface area (Å²) in [7, 11) is 1.98. The number of rotatable bonds is 3. The lowest BCUT2D eigenvalue weighted by molar-refractivity contribution is -0.113. The Kier molecular flexibility index (Phi) is 5.56. The van der Waals surface area contributed by atoms with Crippen molar-refractivity contribution in [2.45, 2.75) is 20.4 Å². The Morgan fingerprint density at radius 1 is 1.14 bits per heavy atom. The lowest BCUT2D eigenvalue weighted by atomic mass is 10.1. The molecule has 3 heterocycles. The molecule has 1 aromatic heterocycles. The fourth-order valence-corrected chi connectivity index (χ4v) is 4.58. The van der Waals surface area contributed by atoms with E-state index in [2.05, 4.69) is 33.7 Å². The average Bonchev–Trinajstić information content (AvgIpc) is 3.18. The number of amidine groups is 1. The monoisotopic (exact) mass is 413 g/mol. The molecule has 1 saturated heterocycles. The molecule has 0 saturated carbocycles. The second-order valence-corrected chi connectivity index (χ2v) is 8.41. The van der Waals surface area contributed by atoms with E-state index in [1.807, 2.05) is 11.7 Å². The topological polar surface area (TPSA) is 53.7 Å². The predicted octanol–water partition coefficient (Wildman–Crippen LogP) is 2.96. The molecule has 8 heteroatoms. The van der Waals surface area contributed by atoms with Crippen molar-refractivity contribution in [1.82, 2.24) is 19.6 Å². The van der Waals surface area contributed by atoms with Gasteiger partial charge in [-0.25, -0.2) is 4.39 Å². The van der Waals surface area contributed by atoms with Gasteiger partial charge in [0.2, 0.25) is 0 Å². The van der Waals surface area contributed by atoms with E-state index < -0.39 is 0 Å². The second-order valence-electron chi connectivity index (χ2n) is 7.40. The van der Waals surface area contributed by atoms with Crippen LogP contribution in [0.2, 0.25) is 0 Å². The van der Waals surface area contributed by atoms with Crippen LogP contribution in [-0.4, -0.2) is 56.8 Å². The highest BCUT2D eigenvalue weighted by molar-refractivity contribution is 8.18. The molecule has 1 fully saturated rings. The smallest absolute Gasteiger partial charge is 0.286 e. The van der Waals surface area contributed by atoms with Crippen LogP contribution in [0.5, 0.6) is 0 Å². The molecule has 1 amide bonds. The third-order valence-corrected chi connectivity index (χ3v) is 6.50. The van der Waals surface area contributed by atoms with E-state index >= 15 is 0 Å². The first-order valence-corrected chi connectivity index (χ1v) is 10.5. The quantitative estimate of drug-likeness (QED) is 0.724. The zero-order chi connectivity index (χ0) is 20.5. The Labute approximate surface area is 174 Å². The highest BCUT2D eigenvalue weighted by Gasteiger charge is 2.28. The van der Waals surface area contributed by atoms with E-state index in [1.54, 1.807) is 18.2 Å². The maximum absolute atomic E-state index is 13.1. The van der Waals surface area contributed by atoms with E-state index in [9.17, 15) is 9.18 Å². The van der Waals surface area contributed by atoms with Crippen LogP contribution in [0.4, 0.5) is 4.39 Å². The van der Waals surface area contributed by atoms with Gasteiger partial charge in [-0.3, -0.25) is 14.4 Å². The van der Waals surface area contributed by atoms with Gasteiger partial charge >= 0.3 is 0 Å². The number of thioether (sulfide) groups is 1. The fourth-order valence-electron chi connectivity index (χ4n) is 3.61. The molecule has 0 atom stereocenters. The van der Waals surface area contributed by atoms with Gasteiger partial charge < -0.3 is 4.90 Å². The minimum absolute atomic E-state index is 0.224. The van der Waals surface area contributed by atoms with Crippen molar-refractivity contribution in [3.63, 3.8) is 0 Å². The molecule has 2 aliphatic rings. The third-order valence-electron chi connectivity index (χ3n) is 5.46. The van der Waals surface area contributed by atoms with Crippen LogP contribution in [0.15, 0.2) is 34.2 Å². The molecule has 2 aromatic rings. The largest absolute Gasteiger partial charge is 0.348 e. The van der Waals surface area contributed by atoms with Crippen molar-refractivity contribution < 1.29 is 9.18 Å². The van der Waals surface area contributed by atoms with E-state index in [0.29, 0.717) is 4.91 Å². The Morgan fingerprint density at radius 2 is 1.83 bits per heavy atom. The molecule has 1 aromatic carbocycles. The van der Waals surface area contributed by atoms with Crippen LogP contribution < -0.4 is 0 Å². The van der Waals surface area contributed by atoms with Gasteiger partial charge in [0.15, 0.2) is 5.17 Å². The normalized spacial score (nSPS) is 19.3. The van der Waals surface area contributed by atoms with Crippen LogP contribution in [0.25, 0.3) is 6.08 Å². The summed E-state index contributed by atoms with van der Waals surface area (Å²) in [5.74, 6) is -0.512. The van der Waals surface area contributed by atoms with Gasteiger partial charge in [0.1, 0.15) is 5.82 Å². The van der Waals surface area contributed by atoms with Crippen molar-refractivity contribution in [3.8, 4) is 0 Å². The first kappa shape index (κ1) is 19.8. The highest BCUT2D eigenvalue weighted by atomic mass is 32.2. The maximum atomic E-state index is 13.1. The standard InChI is InChI=1S/C21H24FN5OS/c1-14-18(15(2)25(3)24-14)13-26-8-10-27(11-9-26)21-23-20(28)19(29-21)12-16-4-6-17(22)7-5-16/h4-7,12H,8-11,13H2,1-3H3. The van der Waals surface area contributed by atoms with Crippen molar-refractivity contribution in [3.05, 3.63) is 57.5 Å². The summed E-state index contributed by atoms with van der Waals surface area (Å²) in [6, 6.07) is 6.11. The second kappa shape index (κ2) is 8.12. The molecule has 0 radical (unpaired) electrons. The number of carbonyl (C=O) groups excluding carboxylic acids is 1. The van der Waals surface area contributed by atoms with E-state index in [0.717, 1.165) is 49.1 Å². The van der Waals surface area contributed by atoms with Crippen LogP contribution in [0, 0.1) is 19.7 Å². The number of halogens is 1. The van der Waals surface area contributed by atoms with Gasteiger partial charge in [-0.05, 0) is 49.4 Å². The minimum atomic E-state index is -0.288. The van der Waals surface area contributed by atoms with Gasteiger partial charge in [0.25, 0.3) is 5.91 Å². The lowest BCUT2D eigenvalue weighted by Gasteiger charge is -2.35. The lowest BCUT2D eigenvalue weighted by Crippen LogP contribution is -2.47. The van der Waals surface area contributed by atoms with Crippen LogP contribution in [-0.2, 0) is 18.4 Å². The van der Waals surface area contributed by atoms with Crippen molar-refractivity contribution in [1.29, 1.82) is 0 Å². The molecular weight excluding hydrogens is 389 g/mol. The molecular formula is C21H24FN5OS. The SMILES string of the molecule is Cc1nn(C)c(C)c1CN1CCN(C2=NC(=O)C(=Cc3ccc(F)cc3)S2)CC1. The Morgan fingerprint density at radius 3 is 2.45 bits per heavy atom. The summed E-state index contributed by atoms with van der Waals surface area (Å²) in [6.07, 6.45) is 1.77. The summed E-state index contributed by atoms with van der Waals surface area (Å²) in [6.45, 7) is 8.56. The predicted molar refractivity (Wildman–Crippen MR) is 114 cm³/mol. The number of amides is 1. The average molecular weight is 414 g/mol. The van der Waals surface area contributed by atoms with Gasteiger partial charge in [-0.1, -0.05) is 12.1 Å². The summed E-state index contributed by atoms with van der Waals surface area (Å²) in [4.78, 5) is 21.7. The zero-order valence-electron chi connectivity index (χ0n) is 16.9. The number of carbonyl (C=O) groups is 1. The molecule has 0 aliphatic carbocycles. The van der Waals surface area contributed by atoms with Crippen LogP contribution >= 0.6 is 11.8 Å². The Balaban J connectivity index is 1.36. The Hall–Kier alpha value is -2.45. The number of aliphatic imine (C=N–C) groups is 1. The summed E-state index contributed by atoms with van der Waals surface area (Å²) >= 11 is 1.40. The number of aryl methyl sites for hydroxylation is 2. The summed E-state index contributed by atoms with van der Waals surface area (Å²) in [5, 5.41) is 5.26. The minimum Gasteiger partial charge on any atom is -0.348 e. The maximum Gasteiger partial charge on any atom is 0.286 e. The zero-order valence-corrected chi connectivity index (χ0v) is 17.7. The van der Waals surface area contributed by atoms with Crippen molar-refractivity contribution >= 4 is 28.9 Å². The first-order valence-electron chi connectivity index (χ1n) is 9.65. The molecule has 0 bridgehead atoms. The molecule has 4 rings (SSSR count). The van der Waals surface area contributed by atoms with Gasteiger partial charge in [-0.15, -0.1) is 0 Å². The van der Waals surface area contributed by atoms with E-state index in [1.165, 1.54) is 35.2 Å². The number of hydrogen-bond acceptors (Lipinski definition) is 5. The molecule has 152 valence electrons. The van der Waals surface area contributed by atoms with Crippen LogP contribution in [0.1, 0.15) is 22.5 Å². The summed E-state index contributed by atoms with van der Waals surface area (Å²) in [5.41, 5.74) is 4.39. The molecule has 0 unspecified atom stereocenters. The highest BCUT2D eigenvalue weighted by Crippen LogP contribution is 2.31. The molecule has 29 heavy (non-hydrogen) atoms. The van der Waals surface area contributed by atoms with Gasteiger partial charge in [0.05, 0.1) is 10.6 Å². The number of nitrogens with zero attached hydrogens (tertiary/aromatic N) is 5. The first-order chi connectivity index (χ1) is 13.9. The number of benzene rings is 1. The number of aromatic nitrogens is 2. The molecule has 0 spiro atoms. The number of hydrogen-bond donors (Lipinski definition) is 0. The fraction of sp³-hybridized carbons (Fsp3) is 0.381.